The molecule has 2 saturated heterocycles. The van der Waals surface area contributed by atoms with Gasteiger partial charge >= 0.3 is 0 Å². The Balaban J connectivity index is 1.54. The molecule has 20 N–H and O–H groups in total. The molecule has 0 aromatic rings. The Morgan fingerprint density at radius 1 is 0.906 bits per heavy atom. The minimum Gasteiger partial charge on any atom is -0.467 e. The van der Waals surface area contributed by atoms with Crippen LogP contribution in [-0.4, -0.2) is 185 Å². The van der Waals surface area contributed by atoms with E-state index in [1.54, 1.807) is 6.08 Å². The number of aliphatic hydroxyl groups is 7. The van der Waals surface area contributed by atoms with Gasteiger partial charge in [0, 0.05) is 38.5 Å². The third-order valence-electron chi connectivity index (χ3n) is 9.82. The summed E-state index contributed by atoms with van der Waals surface area (Å²) < 4.78 is 35.8. The summed E-state index contributed by atoms with van der Waals surface area (Å²) in [7, 11) is 0. The Kier molecular flexibility index (Phi) is 16.5. The van der Waals surface area contributed by atoms with Gasteiger partial charge in [-0.05, 0) is 24.8 Å². The number of hydrogen-bond acceptors (Lipinski definition) is 20. The lowest BCUT2D eigenvalue weighted by molar-refractivity contribution is -0.283. The van der Waals surface area contributed by atoms with E-state index in [-0.39, 0.29) is 51.5 Å². The van der Waals surface area contributed by atoms with E-state index in [2.05, 4.69) is 10.3 Å². The average molecular weight is 767 g/mol. The first kappa shape index (κ1) is 43.5. The van der Waals surface area contributed by atoms with Crippen molar-refractivity contribution in [3.8, 4) is 0 Å². The molecule has 0 aromatic heterocycles. The van der Waals surface area contributed by atoms with Crippen LogP contribution in [0, 0.1) is 5.92 Å². The van der Waals surface area contributed by atoms with Gasteiger partial charge in [-0.15, -0.1) is 0 Å². The van der Waals surface area contributed by atoms with Crippen LogP contribution in [0.5, 0.6) is 0 Å². The van der Waals surface area contributed by atoms with Crippen molar-refractivity contribution >= 4 is 11.7 Å². The second kappa shape index (κ2) is 20.1. The fourth-order valence-electron chi connectivity index (χ4n) is 6.80. The molecule has 3 fully saturated rings. The van der Waals surface area contributed by atoms with Gasteiger partial charge in [-0.25, -0.2) is 0 Å². The predicted octanol–water partition coefficient (Wildman–Crippen LogP) is -7.82. The van der Waals surface area contributed by atoms with Crippen LogP contribution in [-0.2, 0) is 33.2 Å². The van der Waals surface area contributed by atoms with Crippen LogP contribution in [0.3, 0.4) is 0 Å². The molecule has 0 spiro atoms. The first-order chi connectivity index (χ1) is 25.2. The van der Waals surface area contributed by atoms with Gasteiger partial charge < -0.3 is 104 Å². The van der Waals surface area contributed by atoms with Gasteiger partial charge in [0.2, 0.25) is 6.29 Å². The number of hydrogen-bond donors (Lipinski definition) is 14. The molecule has 53 heavy (non-hydrogen) atoms. The number of nitrogens with two attached hydrogens (primary N) is 6. The number of nitrogens with one attached hydrogen (secondary N) is 1. The van der Waals surface area contributed by atoms with Gasteiger partial charge in [0.15, 0.2) is 24.3 Å². The maximum absolute atomic E-state index is 13.0. The molecule has 4 aliphatic rings. The fourth-order valence-corrected chi connectivity index (χ4v) is 6.80. The Morgan fingerprint density at radius 3 is 2.25 bits per heavy atom. The zero-order valence-electron chi connectivity index (χ0n) is 29.4. The molecule has 17 atom stereocenters. The fraction of sp³-hybridized carbons (Fsp3) is 0.871. The first-order valence-electron chi connectivity index (χ1n) is 17.7. The summed E-state index contributed by atoms with van der Waals surface area (Å²) in [5.74, 6) is -1.18. The molecule has 0 amide bonds. The summed E-state index contributed by atoms with van der Waals surface area (Å²) in [6.45, 7) is -0.380. The summed E-state index contributed by atoms with van der Waals surface area (Å²) in [5, 5.41) is 76.6. The van der Waals surface area contributed by atoms with Crippen molar-refractivity contribution in [3.05, 3.63) is 11.8 Å². The van der Waals surface area contributed by atoms with E-state index in [9.17, 15) is 35.4 Å². The number of aliphatic hydroxyl groups excluding tert-OH is 7. The van der Waals surface area contributed by atoms with E-state index in [0.717, 1.165) is 0 Å². The summed E-state index contributed by atoms with van der Waals surface area (Å²) >= 11 is 0. The van der Waals surface area contributed by atoms with Crippen LogP contribution >= 0.6 is 0 Å². The highest BCUT2D eigenvalue weighted by atomic mass is 16.8. The van der Waals surface area contributed by atoms with Crippen LogP contribution in [0.4, 0.5) is 0 Å². The van der Waals surface area contributed by atoms with E-state index < -0.39 is 116 Å². The number of rotatable bonds is 18. The number of carbonyl (C=O) groups is 1. The summed E-state index contributed by atoms with van der Waals surface area (Å²) in [6.07, 6.45) is -16.0. The monoisotopic (exact) mass is 766 g/mol. The largest absolute Gasteiger partial charge is 0.467 e. The van der Waals surface area contributed by atoms with Crippen LogP contribution in [0.1, 0.15) is 25.7 Å². The van der Waals surface area contributed by atoms with Crippen LogP contribution in [0.25, 0.3) is 0 Å². The smallest absolute Gasteiger partial charge is 0.215 e. The topological polar surface area (TPSA) is 395 Å². The number of aliphatic imine (C=N–C) groups is 1. The van der Waals surface area contributed by atoms with Gasteiger partial charge in [-0.1, -0.05) is 0 Å². The van der Waals surface area contributed by atoms with Crippen molar-refractivity contribution in [3.63, 3.8) is 0 Å². The molecular weight excluding hydrogens is 708 g/mol. The normalized spacial score (nSPS) is 41.0. The molecule has 0 unspecified atom stereocenters. The minimum atomic E-state index is -1.66. The third-order valence-corrected chi connectivity index (χ3v) is 9.82. The van der Waals surface area contributed by atoms with Crippen LogP contribution in [0.2, 0.25) is 0 Å². The number of ketones is 1. The van der Waals surface area contributed by atoms with E-state index in [4.69, 9.17) is 67.9 Å². The summed E-state index contributed by atoms with van der Waals surface area (Å²) in [4.78, 5) is 16.8. The van der Waals surface area contributed by atoms with Crippen LogP contribution in [0.15, 0.2) is 16.8 Å². The van der Waals surface area contributed by atoms with Crippen molar-refractivity contribution in [1.29, 1.82) is 0 Å². The SMILES string of the molecule is NC[C@@H]1O[C@H](O[C@H]2[C@@H](O)[C@H](O[C@@H]3[C@@H](O)[C@H](CC(=O)[C@@H](O)CCN=C(N)N)C[C@H](N)[C@H]3O[C@H]3OC(CNCCO)=CC[C@H]3N)O[C@@H]2CO)[C@H](N)[C@@H](O)[C@@H]1O. The number of guanidine groups is 1. The summed E-state index contributed by atoms with van der Waals surface area (Å²) in [5.41, 5.74) is 35.3. The maximum Gasteiger partial charge on any atom is 0.215 e. The number of ether oxygens (including phenoxy) is 6. The van der Waals surface area contributed by atoms with Crippen molar-refractivity contribution < 1.29 is 69.0 Å². The maximum atomic E-state index is 13.0. The lowest BCUT2D eigenvalue weighted by Gasteiger charge is -2.46. The van der Waals surface area contributed by atoms with Crippen LogP contribution < -0.4 is 39.7 Å². The standard InChI is InChI=1S/C31H58N8O14/c32-9-18-22(45)23(46)20(35)29(49-18)52-26-19(11-41)50-30(24(26)47)53-27-21(44)12(8-17(43)16(42)3-4-39-31(36)37)7-15(34)25(27)51-28-14(33)2-1-13(48-28)10-38-5-6-40/h1,12,14-16,18-30,38,40-42,44-47H,2-11,32-35H2,(H4,36,37,39)/t12-,14+,15-,16-,18-,19+,20+,21-,22+,23+,24+,25+,26+,27+,28+,29+,30-/m0/s1. The Labute approximate surface area is 306 Å². The molecule has 4 rings (SSSR count). The molecule has 0 radical (unpaired) electrons. The average Bonchev–Trinajstić information content (AvgIpc) is 3.42. The molecule has 22 heteroatoms. The zero-order valence-corrected chi connectivity index (χ0v) is 29.4. The summed E-state index contributed by atoms with van der Waals surface area (Å²) in [6, 6.07) is -2.86. The van der Waals surface area contributed by atoms with E-state index >= 15 is 0 Å². The predicted molar refractivity (Wildman–Crippen MR) is 183 cm³/mol. The van der Waals surface area contributed by atoms with E-state index in [1.807, 2.05) is 0 Å². The molecule has 1 aliphatic carbocycles. The van der Waals surface area contributed by atoms with Gasteiger partial charge in [-0.2, -0.15) is 0 Å². The molecule has 3 aliphatic heterocycles. The molecule has 22 nitrogen and oxygen atoms in total. The van der Waals surface area contributed by atoms with E-state index in [1.165, 1.54) is 0 Å². The lowest BCUT2D eigenvalue weighted by Crippen LogP contribution is -2.64. The van der Waals surface area contributed by atoms with Gasteiger partial charge in [-0.3, -0.25) is 9.79 Å². The highest BCUT2D eigenvalue weighted by Gasteiger charge is 2.54. The number of Topliss-reactive ketones (excluding diaryl/α,β-unsaturated/α-hetero) is 1. The first-order valence-corrected chi connectivity index (χ1v) is 17.7. The number of nitrogens with zero attached hydrogens (tertiary/aromatic N) is 1. The lowest BCUT2D eigenvalue weighted by atomic mass is 9.76. The van der Waals surface area contributed by atoms with Gasteiger partial charge in [0.25, 0.3) is 0 Å². The Bertz CT molecular complexity index is 1220. The quantitative estimate of drug-likeness (QED) is 0.0350. The van der Waals surface area contributed by atoms with Crippen molar-refractivity contribution in [2.45, 2.75) is 124 Å². The zero-order chi connectivity index (χ0) is 39.0. The molecule has 0 bridgehead atoms. The van der Waals surface area contributed by atoms with Gasteiger partial charge in [0.1, 0.15) is 60.7 Å². The van der Waals surface area contributed by atoms with Crippen molar-refractivity contribution in [1.82, 2.24) is 5.32 Å². The second-order valence-corrected chi connectivity index (χ2v) is 13.7. The third kappa shape index (κ3) is 11.0. The molecule has 1 saturated carbocycles. The minimum absolute atomic E-state index is 0.00733. The molecule has 306 valence electrons. The number of carbonyl (C=O) groups excluding carboxylic acids is 1. The second-order valence-electron chi connectivity index (χ2n) is 13.7. The molecule has 0 aromatic carbocycles. The van der Waals surface area contributed by atoms with Gasteiger partial charge in [0.05, 0.1) is 37.9 Å². The highest BCUT2D eigenvalue weighted by molar-refractivity contribution is 5.83. The van der Waals surface area contributed by atoms with E-state index in [0.29, 0.717) is 18.7 Å². The van der Waals surface area contributed by atoms with Crippen molar-refractivity contribution in [2.75, 3.05) is 39.4 Å². The Hall–Kier alpha value is -2.20. The molecular formula is C31H58N8O14. The van der Waals surface area contributed by atoms with Crippen molar-refractivity contribution in [2.24, 2.45) is 45.3 Å². The highest BCUT2D eigenvalue weighted by Crippen LogP contribution is 2.37. The molecule has 3 heterocycles. The Morgan fingerprint density at radius 2 is 1.58 bits per heavy atom.